The van der Waals surface area contributed by atoms with Crippen LogP contribution in [-0.2, 0) is 22.4 Å². The number of nitrogens with zero attached hydrogens (tertiary/aromatic N) is 3. The second kappa shape index (κ2) is 14.9. The standard InChI is InChI=1S/C36H36N4O5/c1-2-25-22-27(44-20-8-7-19-38-40-37)17-18-28(25)26-15-13-24(14-16-26)21-34(35(41)42)39-36(43)45-23-33-31-11-5-3-9-29(31)30-10-4-6-12-32(30)33/h3-6,9-18,22,33-34H,2,7-8,19-21,23H2,1H3,(H,39,43)(H,41,42). The zero-order valence-corrected chi connectivity index (χ0v) is 25.2. The molecule has 0 aliphatic heterocycles. The van der Waals surface area contributed by atoms with Crippen LogP contribution < -0.4 is 10.1 Å². The van der Waals surface area contributed by atoms with Crippen molar-refractivity contribution >= 4 is 12.1 Å². The molecular weight excluding hydrogens is 568 g/mol. The van der Waals surface area contributed by atoms with E-state index in [9.17, 15) is 14.7 Å². The van der Waals surface area contributed by atoms with Gasteiger partial charge in [-0.1, -0.05) is 90.9 Å². The number of fused-ring (bicyclic) bond motifs is 3. The molecule has 9 heteroatoms. The summed E-state index contributed by atoms with van der Waals surface area (Å²) in [6, 6.07) is 28.7. The molecule has 230 valence electrons. The Bertz CT molecular complexity index is 1650. The summed E-state index contributed by atoms with van der Waals surface area (Å²) in [5.41, 5.74) is 16.8. The molecule has 2 N–H and O–H groups in total. The summed E-state index contributed by atoms with van der Waals surface area (Å²) in [7, 11) is 0. The van der Waals surface area contributed by atoms with E-state index in [0.717, 1.165) is 69.5 Å². The first-order chi connectivity index (χ1) is 22.0. The van der Waals surface area contributed by atoms with Gasteiger partial charge in [0, 0.05) is 23.8 Å². The molecule has 0 fully saturated rings. The molecule has 9 nitrogen and oxygen atoms in total. The zero-order chi connectivity index (χ0) is 31.6. The summed E-state index contributed by atoms with van der Waals surface area (Å²) in [4.78, 5) is 27.6. The van der Waals surface area contributed by atoms with Crippen LogP contribution in [-0.4, -0.2) is 43.0 Å². The molecule has 0 bridgehead atoms. The van der Waals surface area contributed by atoms with Crippen molar-refractivity contribution in [1.29, 1.82) is 0 Å². The molecule has 0 saturated carbocycles. The third kappa shape index (κ3) is 7.63. The van der Waals surface area contributed by atoms with Gasteiger partial charge >= 0.3 is 12.1 Å². The highest BCUT2D eigenvalue weighted by Crippen LogP contribution is 2.44. The monoisotopic (exact) mass is 604 g/mol. The van der Waals surface area contributed by atoms with Gasteiger partial charge in [-0.2, -0.15) is 0 Å². The van der Waals surface area contributed by atoms with Crippen molar-refractivity contribution in [3.05, 3.63) is 124 Å². The number of hydrogen-bond donors (Lipinski definition) is 2. The van der Waals surface area contributed by atoms with Crippen molar-refractivity contribution in [1.82, 2.24) is 5.32 Å². The number of unbranched alkanes of at least 4 members (excludes halogenated alkanes) is 1. The molecule has 0 heterocycles. The highest BCUT2D eigenvalue weighted by molar-refractivity contribution is 5.81. The number of aryl methyl sites for hydroxylation is 1. The van der Waals surface area contributed by atoms with Crippen LogP contribution in [0.1, 0.15) is 47.9 Å². The quantitative estimate of drug-likeness (QED) is 0.0653. The third-order valence-electron chi connectivity index (χ3n) is 8.08. The maximum Gasteiger partial charge on any atom is 0.407 e. The number of carbonyl (C=O) groups is 2. The number of amides is 1. The molecule has 0 spiro atoms. The molecule has 1 amide bonds. The fourth-order valence-electron chi connectivity index (χ4n) is 5.79. The van der Waals surface area contributed by atoms with E-state index in [4.69, 9.17) is 15.0 Å². The minimum absolute atomic E-state index is 0.108. The predicted octanol–water partition coefficient (Wildman–Crippen LogP) is 7.92. The molecule has 0 radical (unpaired) electrons. The normalized spacial score (nSPS) is 12.4. The molecule has 4 aromatic carbocycles. The van der Waals surface area contributed by atoms with Gasteiger partial charge in [0.25, 0.3) is 0 Å². The van der Waals surface area contributed by atoms with E-state index in [1.54, 1.807) is 0 Å². The van der Waals surface area contributed by atoms with Crippen LogP contribution in [0.2, 0.25) is 0 Å². The highest BCUT2D eigenvalue weighted by Gasteiger charge is 2.30. The van der Waals surface area contributed by atoms with E-state index in [0.29, 0.717) is 13.2 Å². The Morgan fingerprint density at radius 3 is 2.27 bits per heavy atom. The number of azide groups is 1. The Labute approximate surface area is 262 Å². The number of benzene rings is 4. The van der Waals surface area contributed by atoms with Gasteiger partial charge in [0.2, 0.25) is 0 Å². The van der Waals surface area contributed by atoms with E-state index in [1.807, 2.05) is 78.9 Å². The van der Waals surface area contributed by atoms with Crippen molar-refractivity contribution in [3.8, 4) is 28.0 Å². The van der Waals surface area contributed by atoms with Crippen LogP contribution in [0, 0.1) is 0 Å². The Morgan fingerprint density at radius 1 is 0.933 bits per heavy atom. The zero-order valence-electron chi connectivity index (χ0n) is 25.2. The Hall–Kier alpha value is -5.27. The molecule has 0 aromatic heterocycles. The van der Waals surface area contributed by atoms with Crippen molar-refractivity contribution in [2.75, 3.05) is 19.8 Å². The van der Waals surface area contributed by atoms with Gasteiger partial charge in [-0.25, -0.2) is 9.59 Å². The summed E-state index contributed by atoms with van der Waals surface area (Å²) >= 11 is 0. The number of ether oxygens (including phenoxy) is 2. The van der Waals surface area contributed by atoms with Crippen molar-refractivity contribution < 1.29 is 24.2 Å². The lowest BCUT2D eigenvalue weighted by Gasteiger charge is -2.18. The van der Waals surface area contributed by atoms with E-state index in [1.165, 1.54) is 0 Å². The number of carboxylic acid groups (broad SMARTS) is 1. The van der Waals surface area contributed by atoms with Crippen LogP contribution in [0.5, 0.6) is 5.75 Å². The second-order valence-electron chi connectivity index (χ2n) is 10.9. The molecule has 0 saturated heterocycles. The maximum atomic E-state index is 12.8. The molecule has 1 aliphatic carbocycles. The van der Waals surface area contributed by atoms with Gasteiger partial charge in [-0.3, -0.25) is 0 Å². The first-order valence-corrected chi connectivity index (χ1v) is 15.2. The molecular formula is C36H36N4O5. The summed E-state index contributed by atoms with van der Waals surface area (Å²) in [5.74, 6) is -0.447. The summed E-state index contributed by atoms with van der Waals surface area (Å²) in [5, 5.41) is 15.9. The fraction of sp³-hybridized carbons (Fsp3) is 0.278. The smallest absolute Gasteiger partial charge is 0.407 e. The molecule has 45 heavy (non-hydrogen) atoms. The van der Waals surface area contributed by atoms with Crippen LogP contribution >= 0.6 is 0 Å². The molecule has 1 unspecified atom stereocenters. The largest absolute Gasteiger partial charge is 0.494 e. The van der Waals surface area contributed by atoms with Crippen molar-refractivity contribution in [2.45, 2.75) is 44.6 Å². The minimum atomic E-state index is -1.14. The minimum Gasteiger partial charge on any atom is -0.494 e. The van der Waals surface area contributed by atoms with E-state index >= 15 is 0 Å². The van der Waals surface area contributed by atoms with Gasteiger partial charge in [0.1, 0.15) is 18.4 Å². The summed E-state index contributed by atoms with van der Waals surface area (Å²) in [6.45, 7) is 3.21. The van der Waals surface area contributed by atoms with Gasteiger partial charge in [0.15, 0.2) is 0 Å². The van der Waals surface area contributed by atoms with Gasteiger partial charge in [-0.15, -0.1) is 0 Å². The lowest BCUT2D eigenvalue weighted by molar-refractivity contribution is -0.139. The Morgan fingerprint density at radius 2 is 1.62 bits per heavy atom. The Balaban J connectivity index is 1.18. The number of hydrogen-bond acceptors (Lipinski definition) is 5. The SMILES string of the molecule is CCc1cc(OCCCCN=[N+]=[N-])ccc1-c1ccc(CC(NC(=O)OCC2c3ccccc3-c3ccccc32)C(=O)O)cc1. The number of carboxylic acids is 1. The van der Waals surface area contributed by atoms with Crippen molar-refractivity contribution in [3.63, 3.8) is 0 Å². The van der Waals surface area contributed by atoms with Crippen LogP contribution in [0.3, 0.4) is 0 Å². The molecule has 5 rings (SSSR count). The lowest BCUT2D eigenvalue weighted by atomic mass is 9.96. The average molecular weight is 605 g/mol. The van der Waals surface area contributed by atoms with Crippen LogP contribution in [0.4, 0.5) is 4.79 Å². The summed E-state index contributed by atoms with van der Waals surface area (Å²) < 4.78 is 11.5. The number of aliphatic carboxylic acids is 1. The molecule has 4 aromatic rings. The number of rotatable bonds is 14. The first kappa shape index (κ1) is 31.2. The lowest BCUT2D eigenvalue weighted by Crippen LogP contribution is -2.42. The van der Waals surface area contributed by atoms with Gasteiger partial charge in [-0.05, 0) is 81.4 Å². The second-order valence-corrected chi connectivity index (χ2v) is 10.9. The van der Waals surface area contributed by atoms with Gasteiger partial charge in [0.05, 0.1) is 6.61 Å². The summed E-state index contributed by atoms with van der Waals surface area (Å²) in [6.07, 6.45) is 1.76. The van der Waals surface area contributed by atoms with E-state index < -0.39 is 18.1 Å². The first-order valence-electron chi connectivity index (χ1n) is 15.2. The third-order valence-corrected chi connectivity index (χ3v) is 8.08. The topological polar surface area (TPSA) is 134 Å². The average Bonchev–Trinajstić information content (AvgIpc) is 3.39. The fourth-order valence-corrected chi connectivity index (χ4v) is 5.79. The molecule has 1 aliphatic rings. The number of nitrogens with one attached hydrogen (secondary N) is 1. The maximum absolute atomic E-state index is 12.8. The number of carbonyl (C=O) groups excluding carboxylic acids is 1. The predicted molar refractivity (Wildman–Crippen MR) is 173 cm³/mol. The van der Waals surface area contributed by atoms with E-state index in [2.05, 4.69) is 34.4 Å². The Kier molecular flexibility index (Phi) is 10.4. The van der Waals surface area contributed by atoms with Crippen LogP contribution in [0.25, 0.3) is 32.7 Å². The van der Waals surface area contributed by atoms with Crippen LogP contribution in [0.15, 0.2) is 96.1 Å². The highest BCUT2D eigenvalue weighted by atomic mass is 16.5. The van der Waals surface area contributed by atoms with Crippen molar-refractivity contribution in [2.24, 2.45) is 5.11 Å². The number of alkyl carbamates (subject to hydrolysis) is 1. The van der Waals surface area contributed by atoms with Gasteiger partial charge < -0.3 is 19.9 Å². The molecule has 1 atom stereocenters. The van der Waals surface area contributed by atoms with E-state index in [-0.39, 0.29) is 18.9 Å².